The van der Waals surface area contributed by atoms with E-state index in [1.165, 1.54) is 22.2 Å². The highest BCUT2D eigenvalue weighted by molar-refractivity contribution is 5.79. The molecule has 0 aromatic heterocycles. The summed E-state index contributed by atoms with van der Waals surface area (Å²) in [4.78, 5) is 25.6. The molecule has 0 N–H and O–H groups in total. The maximum absolute atomic E-state index is 11.4. The average molecular weight is 210 g/mol. The minimum absolute atomic E-state index is 0.0687. The maximum atomic E-state index is 11.4. The van der Waals surface area contributed by atoms with Gasteiger partial charge in [-0.15, -0.1) is 0 Å². The van der Waals surface area contributed by atoms with Gasteiger partial charge in [-0.3, -0.25) is 9.59 Å². The molecule has 4 heteroatoms. The zero-order valence-electron chi connectivity index (χ0n) is 9.40. The predicted octanol–water partition coefficient (Wildman–Crippen LogP) is 1.71. The molecule has 0 radical (unpaired) electrons. The summed E-state index contributed by atoms with van der Waals surface area (Å²) >= 11 is 0. The van der Waals surface area contributed by atoms with E-state index in [1.807, 2.05) is 0 Å². The van der Waals surface area contributed by atoms with E-state index >= 15 is 0 Å². The second kappa shape index (κ2) is 6.81. The molecule has 0 spiro atoms. The third-order valence-corrected chi connectivity index (χ3v) is 1.99. The van der Waals surface area contributed by atoms with Gasteiger partial charge in [0, 0.05) is 25.2 Å². The van der Waals surface area contributed by atoms with Crippen molar-refractivity contribution in [3.8, 4) is 0 Å². The van der Waals surface area contributed by atoms with Gasteiger partial charge in [-0.1, -0.05) is 27.0 Å². The van der Waals surface area contributed by atoms with Gasteiger partial charge >= 0.3 is 0 Å². The summed E-state index contributed by atoms with van der Waals surface area (Å²) in [6.07, 6.45) is 3.62. The Balaban J connectivity index is 4.50. The molecule has 0 atom stereocenters. The van der Waals surface area contributed by atoms with E-state index in [-0.39, 0.29) is 18.5 Å². The van der Waals surface area contributed by atoms with Crippen molar-refractivity contribution in [3.63, 3.8) is 0 Å². The third kappa shape index (κ3) is 3.97. The van der Waals surface area contributed by atoms with Gasteiger partial charge in [0.2, 0.25) is 11.8 Å². The fourth-order valence-electron chi connectivity index (χ4n) is 1.05. The maximum Gasteiger partial charge on any atom is 0.227 e. The molecule has 0 fully saturated rings. The highest BCUT2D eigenvalue weighted by Gasteiger charge is 2.14. The van der Waals surface area contributed by atoms with Crippen molar-refractivity contribution in [1.82, 2.24) is 9.80 Å². The van der Waals surface area contributed by atoms with Crippen molar-refractivity contribution in [1.29, 1.82) is 0 Å². The molecule has 15 heavy (non-hydrogen) atoms. The monoisotopic (exact) mass is 210 g/mol. The Labute approximate surface area is 90.9 Å². The molecule has 0 aliphatic carbocycles. The van der Waals surface area contributed by atoms with Crippen LogP contribution in [0.1, 0.15) is 26.7 Å². The van der Waals surface area contributed by atoms with Crippen LogP contribution in [0, 0.1) is 0 Å². The summed E-state index contributed by atoms with van der Waals surface area (Å²) in [5.41, 5.74) is 0. The van der Waals surface area contributed by atoms with Crippen LogP contribution in [0.2, 0.25) is 0 Å². The lowest BCUT2D eigenvalue weighted by Crippen LogP contribution is -2.38. The number of carbonyl (C=O) groups is 2. The minimum atomic E-state index is -0.0687. The molecule has 0 heterocycles. The average Bonchev–Trinajstić information content (AvgIpc) is 2.28. The summed E-state index contributed by atoms with van der Waals surface area (Å²) in [5, 5.41) is 0. The van der Waals surface area contributed by atoms with E-state index in [9.17, 15) is 9.59 Å². The molecule has 0 rings (SSSR count). The van der Waals surface area contributed by atoms with E-state index in [0.29, 0.717) is 12.8 Å². The second-order valence-electron chi connectivity index (χ2n) is 2.94. The van der Waals surface area contributed by atoms with Crippen LogP contribution in [0.3, 0.4) is 0 Å². The van der Waals surface area contributed by atoms with Crippen molar-refractivity contribution < 1.29 is 9.59 Å². The molecule has 0 aromatic carbocycles. The minimum Gasteiger partial charge on any atom is -0.301 e. The molecule has 2 amide bonds. The van der Waals surface area contributed by atoms with Crippen LogP contribution in [0.4, 0.5) is 0 Å². The Bertz CT molecular complexity index is 235. The van der Waals surface area contributed by atoms with Crippen LogP contribution in [-0.2, 0) is 9.59 Å². The van der Waals surface area contributed by atoms with Crippen molar-refractivity contribution in [2.45, 2.75) is 26.7 Å². The molecule has 4 nitrogen and oxygen atoms in total. The molecule has 84 valence electrons. The van der Waals surface area contributed by atoms with E-state index in [0.717, 1.165) is 0 Å². The zero-order valence-corrected chi connectivity index (χ0v) is 9.40. The Morgan fingerprint density at radius 2 is 1.33 bits per heavy atom. The van der Waals surface area contributed by atoms with Gasteiger partial charge < -0.3 is 9.80 Å². The smallest absolute Gasteiger partial charge is 0.227 e. The molecule has 0 aliphatic rings. The fourth-order valence-corrected chi connectivity index (χ4v) is 1.05. The van der Waals surface area contributed by atoms with E-state index in [1.54, 1.807) is 13.8 Å². The molecular formula is C11H18N2O2. The van der Waals surface area contributed by atoms with Crippen LogP contribution < -0.4 is 0 Å². The van der Waals surface area contributed by atoms with Gasteiger partial charge in [0.1, 0.15) is 6.67 Å². The van der Waals surface area contributed by atoms with Crippen LogP contribution in [0.5, 0.6) is 0 Å². The van der Waals surface area contributed by atoms with Crippen LogP contribution in [0.15, 0.2) is 25.6 Å². The number of amides is 2. The Kier molecular flexibility index (Phi) is 6.09. The highest BCUT2D eigenvalue weighted by Crippen LogP contribution is 2.01. The largest absolute Gasteiger partial charge is 0.301 e. The van der Waals surface area contributed by atoms with Crippen molar-refractivity contribution in [2.24, 2.45) is 0 Å². The SMILES string of the molecule is C=CN(CN(C=C)C(=O)CC)C(=O)CC. The number of carbonyl (C=O) groups excluding carboxylic acids is 2. The summed E-state index contributed by atoms with van der Waals surface area (Å²) in [7, 11) is 0. The molecular weight excluding hydrogens is 192 g/mol. The van der Waals surface area contributed by atoms with Gasteiger partial charge in [0.05, 0.1) is 0 Å². The number of nitrogens with zero attached hydrogens (tertiary/aromatic N) is 2. The summed E-state index contributed by atoms with van der Waals surface area (Å²) in [6.45, 7) is 10.8. The lowest BCUT2D eigenvalue weighted by molar-refractivity contribution is -0.134. The summed E-state index contributed by atoms with van der Waals surface area (Å²) < 4.78 is 0. The summed E-state index contributed by atoms with van der Waals surface area (Å²) in [5.74, 6) is -0.137. The normalized spacial score (nSPS) is 9.20. The van der Waals surface area contributed by atoms with Crippen molar-refractivity contribution in [3.05, 3.63) is 25.6 Å². The molecule has 0 saturated carbocycles. The van der Waals surface area contributed by atoms with E-state index < -0.39 is 0 Å². The standard InChI is InChI=1S/C11H18N2O2/c1-5-10(14)12(7-3)9-13(8-4)11(15)6-2/h7-8H,3-6,9H2,1-2H3. The van der Waals surface area contributed by atoms with Gasteiger partial charge in [-0.25, -0.2) is 0 Å². The quantitative estimate of drug-likeness (QED) is 0.626. The van der Waals surface area contributed by atoms with Gasteiger partial charge in [-0.2, -0.15) is 0 Å². The molecule has 0 bridgehead atoms. The van der Waals surface area contributed by atoms with Crippen LogP contribution in [0.25, 0.3) is 0 Å². The first-order valence-corrected chi connectivity index (χ1v) is 4.94. The number of rotatable bonds is 6. The van der Waals surface area contributed by atoms with Crippen LogP contribution >= 0.6 is 0 Å². The zero-order chi connectivity index (χ0) is 11.8. The number of hydrogen-bond donors (Lipinski definition) is 0. The topological polar surface area (TPSA) is 40.6 Å². The first kappa shape index (κ1) is 13.4. The Morgan fingerprint density at radius 3 is 1.53 bits per heavy atom. The summed E-state index contributed by atoms with van der Waals surface area (Å²) in [6, 6.07) is 0. The highest BCUT2D eigenvalue weighted by atomic mass is 16.2. The van der Waals surface area contributed by atoms with Crippen molar-refractivity contribution >= 4 is 11.8 Å². The molecule has 0 unspecified atom stereocenters. The Morgan fingerprint density at radius 1 is 1.00 bits per heavy atom. The third-order valence-electron chi connectivity index (χ3n) is 1.99. The first-order chi connectivity index (χ1) is 7.10. The lowest BCUT2D eigenvalue weighted by Gasteiger charge is -2.25. The molecule has 0 saturated heterocycles. The van der Waals surface area contributed by atoms with Gasteiger partial charge in [0.15, 0.2) is 0 Å². The van der Waals surface area contributed by atoms with Crippen molar-refractivity contribution in [2.75, 3.05) is 6.67 Å². The van der Waals surface area contributed by atoms with Crippen LogP contribution in [-0.4, -0.2) is 28.3 Å². The molecule has 0 aliphatic heterocycles. The second-order valence-corrected chi connectivity index (χ2v) is 2.94. The lowest BCUT2D eigenvalue weighted by atomic mass is 10.4. The Hall–Kier alpha value is -1.58. The number of hydrogen-bond acceptors (Lipinski definition) is 2. The van der Waals surface area contributed by atoms with Gasteiger partial charge in [-0.05, 0) is 0 Å². The first-order valence-electron chi connectivity index (χ1n) is 4.94. The molecule has 0 aromatic rings. The van der Waals surface area contributed by atoms with E-state index in [4.69, 9.17) is 0 Å². The predicted molar refractivity (Wildman–Crippen MR) is 59.5 cm³/mol. The van der Waals surface area contributed by atoms with E-state index in [2.05, 4.69) is 13.2 Å². The van der Waals surface area contributed by atoms with Gasteiger partial charge in [0.25, 0.3) is 0 Å². The fraction of sp³-hybridized carbons (Fsp3) is 0.455.